The SMILES string of the molecule is CC(C)CCCCCCCCCC(=O)SCCC(C)CCCC(C)C. The van der Waals surface area contributed by atoms with Crippen molar-refractivity contribution < 1.29 is 4.79 Å². The van der Waals surface area contributed by atoms with Gasteiger partial charge in [-0.1, -0.05) is 111 Å². The molecule has 0 aliphatic heterocycles. The quantitative estimate of drug-likeness (QED) is 0.240. The van der Waals surface area contributed by atoms with E-state index in [1.165, 1.54) is 70.6 Å². The van der Waals surface area contributed by atoms with Crippen molar-refractivity contribution in [2.24, 2.45) is 17.8 Å². The van der Waals surface area contributed by atoms with E-state index >= 15 is 0 Å². The average Bonchev–Trinajstić information content (AvgIpc) is 2.52. The molecular formula is C23H46OS. The van der Waals surface area contributed by atoms with E-state index < -0.39 is 0 Å². The number of thioether (sulfide) groups is 1. The van der Waals surface area contributed by atoms with E-state index in [0.717, 1.165) is 36.3 Å². The van der Waals surface area contributed by atoms with Crippen LogP contribution in [0.2, 0.25) is 0 Å². The van der Waals surface area contributed by atoms with Crippen LogP contribution in [0.3, 0.4) is 0 Å². The van der Waals surface area contributed by atoms with E-state index in [2.05, 4.69) is 34.6 Å². The van der Waals surface area contributed by atoms with Gasteiger partial charge in [-0.05, 0) is 30.6 Å². The molecule has 0 saturated heterocycles. The van der Waals surface area contributed by atoms with Gasteiger partial charge in [-0.15, -0.1) is 0 Å². The van der Waals surface area contributed by atoms with Gasteiger partial charge in [-0.2, -0.15) is 0 Å². The summed E-state index contributed by atoms with van der Waals surface area (Å²) in [5.74, 6) is 3.47. The second kappa shape index (κ2) is 17.4. The lowest BCUT2D eigenvalue weighted by Crippen LogP contribution is -2.00. The Bertz CT molecular complexity index is 298. The first-order chi connectivity index (χ1) is 11.9. The van der Waals surface area contributed by atoms with E-state index in [4.69, 9.17) is 0 Å². The van der Waals surface area contributed by atoms with Crippen LogP contribution in [0.4, 0.5) is 0 Å². The number of rotatable bonds is 17. The van der Waals surface area contributed by atoms with E-state index in [9.17, 15) is 4.79 Å². The molecule has 0 aliphatic carbocycles. The number of hydrogen-bond acceptors (Lipinski definition) is 2. The monoisotopic (exact) mass is 370 g/mol. The van der Waals surface area contributed by atoms with Gasteiger partial charge < -0.3 is 0 Å². The molecule has 0 amide bonds. The lowest BCUT2D eigenvalue weighted by molar-refractivity contribution is -0.111. The lowest BCUT2D eigenvalue weighted by Gasteiger charge is -2.11. The predicted octanol–water partition coefficient (Wildman–Crippen LogP) is 8.27. The van der Waals surface area contributed by atoms with Crippen molar-refractivity contribution in [3.63, 3.8) is 0 Å². The summed E-state index contributed by atoms with van der Waals surface area (Å²) in [5.41, 5.74) is 0. The summed E-state index contributed by atoms with van der Waals surface area (Å²) in [5, 5.41) is 0.423. The van der Waals surface area contributed by atoms with Gasteiger partial charge in [0.2, 0.25) is 0 Å². The number of carbonyl (C=O) groups is 1. The maximum Gasteiger partial charge on any atom is 0.188 e. The lowest BCUT2D eigenvalue weighted by atomic mass is 9.98. The van der Waals surface area contributed by atoms with Gasteiger partial charge in [0.05, 0.1) is 0 Å². The summed E-state index contributed by atoms with van der Waals surface area (Å²) in [4.78, 5) is 11.9. The molecule has 1 atom stereocenters. The predicted molar refractivity (Wildman–Crippen MR) is 116 cm³/mol. The van der Waals surface area contributed by atoms with Crippen molar-refractivity contribution in [3.05, 3.63) is 0 Å². The zero-order chi connectivity index (χ0) is 18.9. The first kappa shape index (κ1) is 25.0. The third-order valence-corrected chi connectivity index (χ3v) is 5.98. The first-order valence-electron chi connectivity index (χ1n) is 11.1. The summed E-state index contributed by atoms with van der Waals surface area (Å²) in [6, 6.07) is 0. The molecule has 0 bridgehead atoms. The fourth-order valence-corrected chi connectivity index (χ4v) is 4.21. The van der Waals surface area contributed by atoms with Gasteiger partial charge in [0.15, 0.2) is 5.12 Å². The zero-order valence-electron chi connectivity index (χ0n) is 17.9. The molecular weight excluding hydrogens is 324 g/mol. The Morgan fingerprint density at radius 1 is 0.640 bits per heavy atom. The number of unbranched alkanes of at least 4 members (excludes halogenated alkanes) is 6. The molecule has 0 aromatic rings. The van der Waals surface area contributed by atoms with E-state index in [1.807, 2.05) is 0 Å². The zero-order valence-corrected chi connectivity index (χ0v) is 18.8. The second-order valence-corrected chi connectivity index (χ2v) is 10.00. The summed E-state index contributed by atoms with van der Waals surface area (Å²) in [6.45, 7) is 11.6. The minimum absolute atomic E-state index is 0.423. The summed E-state index contributed by atoms with van der Waals surface area (Å²) >= 11 is 1.58. The fraction of sp³-hybridized carbons (Fsp3) is 0.957. The highest BCUT2D eigenvalue weighted by molar-refractivity contribution is 8.13. The molecule has 0 aromatic heterocycles. The minimum Gasteiger partial charge on any atom is -0.287 e. The van der Waals surface area contributed by atoms with Gasteiger partial charge in [0, 0.05) is 12.2 Å². The van der Waals surface area contributed by atoms with Gasteiger partial charge >= 0.3 is 0 Å². The molecule has 0 saturated carbocycles. The normalized spacial score (nSPS) is 12.9. The molecule has 0 aromatic carbocycles. The minimum atomic E-state index is 0.423. The molecule has 0 rings (SSSR count). The Labute approximate surface area is 163 Å². The Morgan fingerprint density at radius 2 is 1.16 bits per heavy atom. The van der Waals surface area contributed by atoms with Crippen LogP contribution in [0, 0.1) is 17.8 Å². The van der Waals surface area contributed by atoms with Crippen LogP contribution in [0.1, 0.15) is 118 Å². The molecule has 0 N–H and O–H groups in total. The van der Waals surface area contributed by atoms with Crippen LogP contribution in [-0.4, -0.2) is 10.9 Å². The third kappa shape index (κ3) is 20.2. The van der Waals surface area contributed by atoms with Crippen LogP contribution in [0.15, 0.2) is 0 Å². The Kier molecular flexibility index (Phi) is 17.4. The molecule has 25 heavy (non-hydrogen) atoms. The first-order valence-corrected chi connectivity index (χ1v) is 12.1. The van der Waals surface area contributed by atoms with Gasteiger partial charge in [0.1, 0.15) is 0 Å². The fourth-order valence-electron chi connectivity index (χ4n) is 3.17. The van der Waals surface area contributed by atoms with Crippen LogP contribution in [-0.2, 0) is 4.79 Å². The van der Waals surface area contributed by atoms with Crippen LogP contribution >= 0.6 is 11.8 Å². The number of hydrogen-bond donors (Lipinski definition) is 0. The van der Waals surface area contributed by atoms with Crippen molar-refractivity contribution in [2.45, 2.75) is 118 Å². The van der Waals surface area contributed by atoms with Crippen molar-refractivity contribution in [1.82, 2.24) is 0 Å². The highest BCUT2D eigenvalue weighted by atomic mass is 32.2. The summed E-state index contributed by atoms with van der Waals surface area (Å²) < 4.78 is 0. The Hall–Kier alpha value is 0.0200. The summed E-state index contributed by atoms with van der Waals surface area (Å²) in [6.07, 6.45) is 16.5. The van der Waals surface area contributed by atoms with Crippen molar-refractivity contribution >= 4 is 16.9 Å². The second-order valence-electron chi connectivity index (χ2n) is 8.85. The molecule has 0 spiro atoms. The standard InChI is InChI=1S/C23H46OS/c1-20(2)14-11-9-7-6-8-10-12-17-23(24)25-19-18-22(5)16-13-15-21(3)4/h20-22H,6-19H2,1-5H3. The van der Waals surface area contributed by atoms with Gasteiger partial charge in [0.25, 0.3) is 0 Å². The van der Waals surface area contributed by atoms with Crippen molar-refractivity contribution in [2.75, 3.05) is 5.75 Å². The summed E-state index contributed by atoms with van der Waals surface area (Å²) in [7, 11) is 0. The maximum absolute atomic E-state index is 11.9. The molecule has 1 unspecified atom stereocenters. The molecule has 1 nitrogen and oxygen atoms in total. The van der Waals surface area contributed by atoms with Gasteiger partial charge in [-0.25, -0.2) is 0 Å². The highest BCUT2D eigenvalue weighted by Gasteiger charge is 2.07. The van der Waals surface area contributed by atoms with Crippen LogP contribution in [0.5, 0.6) is 0 Å². The number of carbonyl (C=O) groups excluding carboxylic acids is 1. The maximum atomic E-state index is 11.9. The Morgan fingerprint density at radius 3 is 1.76 bits per heavy atom. The highest BCUT2D eigenvalue weighted by Crippen LogP contribution is 2.19. The van der Waals surface area contributed by atoms with E-state index in [0.29, 0.717) is 5.12 Å². The van der Waals surface area contributed by atoms with E-state index in [-0.39, 0.29) is 0 Å². The van der Waals surface area contributed by atoms with Crippen molar-refractivity contribution in [3.8, 4) is 0 Å². The molecule has 0 radical (unpaired) electrons. The van der Waals surface area contributed by atoms with Crippen LogP contribution < -0.4 is 0 Å². The third-order valence-electron chi connectivity index (χ3n) is 5.01. The average molecular weight is 371 g/mol. The molecule has 0 fully saturated rings. The molecule has 0 aliphatic rings. The van der Waals surface area contributed by atoms with E-state index in [1.54, 1.807) is 11.8 Å². The molecule has 2 heteroatoms. The Balaban J connectivity index is 3.33. The molecule has 0 heterocycles. The van der Waals surface area contributed by atoms with Crippen LogP contribution in [0.25, 0.3) is 0 Å². The topological polar surface area (TPSA) is 17.1 Å². The largest absolute Gasteiger partial charge is 0.287 e. The van der Waals surface area contributed by atoms with Gasteiger partial charge in [-0.3, -0.25) is 4.79 Å². The smallest absolute Gasteiger partial charge is 0.188 e. The molecule has 150 valence electrons. The van der Waals surface area contributed by atoms with Crippen molar-refractivity contribution in [1.29, 1.82) is 0 Å².